The molecule has 1 amide bonds. The van der Waals surface area contributed by atoms with Gasteiger partial charge in [0.2, 0.25) is 0 Å². The number of halogens is 1. The largest absolute Gasteiger partial charge is 0.494 e. The fraction of sp³-hybridized carbons (Fsp3) is 0.480. The average Bonchev–Trinajstić information content (AvgIpc) is 2.70. The van der Waals surface area contributed by atoms with Crippen molar-refractivity contribution in [1.82, 2.24) is 4.90 Å². The van der Waals surface area contributed by atoms with Crippen molar-refractivity contribution < 1.29 is 14.3 Å². The van der Waals surface area contributed by atoms with Gasteiger partial charge < -0.3 is 14.4 Å². The second-order valence-corrected chi connectivity index (χ2v) is 9.91. The SMILES string of the molecule is CC(C)(C)OC(=O)N1CCC(CCOc2ccc(Cc3ccc(Br)cc3)cc2)CC1. The molecule has 1 aliphatic rings. The van der Waals surface area contributed by atoms with Crippen molar-refractivity contribution in [1.29, 1.82) is 0 Å². The molecule has 30 heavy (non-hydrogen) atoms. The molecule has 1 fully saturated rings. The first kappa shape index (κ1) is 22.7. The van der Waals surface area contributed by atoms with Crippen molar-refractivity contribution in [2.45, 2.75) is 52.1 Å². The lowest BCUT2D eigenvalue weighted by Gasteiger charge is -2.33. The summed E-state index contributed by atoms with van der Waals surface area (Å²) in [4.78, 5) is 14.0. The lowest BCUT2D eigenvalue weighted by atomic mass is 9.94. The van der Waals surface area contributed by atoms with Crippen molar-refractivity contribution >= 4 is 22.0 Å². The van der Waals surface area contributed by atoms with Gasteiger partial charge in [-0.1, -0.05) is 40.2 Å². The van der Waals surface area contributed by atoms with Crippen LogP contribution in [0.15, 0.2) is 53.0 Å². The van der Waals surface area contributed by atoms with E-state index in [2.05, 4.69) is 64.5 Å². The molecule has 4 nitrogen and oxygen atoms in total. The van der Waals surface area contributed by atoms with Crippen molar-refractivity contribution in [2.75, 3.05) is 19.7 Å². The molecule has 0 unspecified atom stereocenters. The Bertz CT molecular complexity index is 804. The molecular formula is C25H32BrNO3. The van der Waals surface area contributed by atoms with Crippen LogP contribution in [0.5, 0.6) is 5.75 Å². The summed E-state index contributed by atoms with van der Waals surface area (Å²) >= 11 is 3.47. The van der Waals surface area contributed by atoms with Gasteiger partial charge in [-0.05, 0) is 87.8 Å². The fourth-order valence-corrected chi connectivity index (χ4v) is 3.88. The van der Waals surface area contributed by atoms with E-state index in [1.54, 1.807) is 0 Å². The van der Waals surface area contributed by atoms with Gasteiger partial charge >= 0.3 is 6.09 Å². The predicted molar refractivity (Wildman–Crippen MR) is 124 cm³/mol. The Hall–Kier alpha value is -2.01. The van der Waals surface area contributed by atoms with Crippen molar-refractivity contribution in [3.8, 4) is 5.75 Å². The van der Waals surface area contributed by atoms with Gasteiger partial charge in [0.05, 0.1) is 6.61 Å². The number of rotatable bonds is 6. The third-order valence-corrected chi connectivity index (χ3v) is 5.83. The van der Waals surface area contributed by atoms with E-state index in [-0.39, 0.29) is 6.09 Å². The summed E-state index contributed by atoms with van der Waals surface area (Å²) in [5.74, 6) is 1.51. The Morgan fingerprint density at radius 1 is 1.00 bits per heavy atom. The molecule has 5 heteroatoms. The molecule has 0 N–H and O–H groups in total. The van der Waals surface area contributed by atoms with Crippen LogP contribution in [0.25, 0.3) is 0 Å². The van der Waals surface area contributed by atoms with Gasteiger partial charge in [0.15, 0.2) is 0 Å². The number of nitrogens with zero attached hydrogens (tertiary/aromatic N) is 1. The summed E-state index contributed by atoms with van der Waals surface area (Å²) in [6.07, 6.45) is 3.76. The summed E-state index contributed by atoms with van der Waals surface area (Å²) in [5.41, 5.74) is 2.14. The van der Waals surface area contributed by atoms with Crippen LogP contribution in [0.1, 0.15) is 51.2 Å². The van der Waals surface area contributed by atoms with Crippen LogP contribution in [0.4, 0.5) is 4.79 Å². The molecule has 1 saturated heterocycles. The highest BCUT2D eigenvalue weighted by atomic mass is 79.9. The monoisotopic (exact) mass is 473 g/mol. The van der Waals surface area contributed by atoms with Crippen molar-refractivity contribution in [2.24, 2.45) is 5.92 Å². The number of likely N-dealkylation sites (tertiary alicyclic amines) is 1. The third-order valence-electron chi connectivity index (χ3n) is 5.31. The minimum atomic E-state index is -0.435. The molecule has 0 atom stereocenters. The molecule has 1 heterocycles. The molecule has 0 spiro atoms. The van der Waals surface area contributed by atoms with Gasteiger partial charge in [-0.2, -0.15) is 0 Å². The van der Waals surface area contributed by atoms with Crippen LogP contribution in [-0.4, -0.2) is 36.3 Å². The molecule has 3 rings (SSSR count). The standard InChI is InChI=1S/C25H32BrNO3/c1-25(2,3)30-24(28)27-15-12-19(13-16-27)14-17-29-23-10-6-21(7-11-23)18-20-4-8-22(26)9-5-20/h4-11,19H,12-18H2,1-3H3. The zero-order valence-electron chi connectivity index (χ0n) is 18.2. The number of piperidine rings is 1. The maximum Gasteiger partial charge on any atom is 0.410 e. The molecule has 0 aliphatic carbocycles. The summed E-state index contributed by atoms with van der Waals surface area (Å²) in [6, 6.07) is 16.8. The van der Waals surface area contributed by atoms with Crippen LogP contribution >= 0.6 is 15.9 Å². The molecule has 2 aromatic carbocycles. The lowest BCUT2D eigenvalue weighted by molar-refractivity contribution is 0.0177. The number of benzene rings is 2. The Morgan fingerprint density at radius 3 is 2.13 bits per heavy atom. The summed E-state index contributed by atoms with van der Waals surface area (Å²) in [5, 5.41) is 0. The Balaban J connectivity index is 1.36. The number of amides is 1. The average molecular weight is 474 g/mol. The van der Waals surface area contributed by atoms with Gasteiger partial charge in [0.25, 0.3) is 0 Å². The first-order valence-corrected chi connectivity index (χ1v) is 11.5. The topological polar surface area (TPSA) is 38.8 Å². The summed E-state index contributed by atoms with van der Waals surface area (Å²) < 4.78 is 12.5. The Labute approximate surface area is 188 Å². The molecule has 0 aromatic heterocycles. The van der Waals surface area contributed by atoms with E-state index < -0.39 is 5.60 Å². The van der Waals surface area contributed by atoms with Crippen LogP contribution in [0.3, 0.4) is 0 Å². The number of carbonyl (C=O) groups excluding carboxylic acids is 1. The number of ether oxygens (including phenoxy) is 2. The quantitative estimate of drug-likeness (QED) is 0.483. The highest BCUT2D eigenvalue weighted by Crippen LogP contribution is 2.23. The molecule has 162 valence electrons. The molecular weight excluding hydrogens is 442 g/mol. The van der Waals surface area contributed by atoms with Crippen molar-refractivity contribution in [3.05, 3.63) is 64.1 Å². The Kier molecular flexibility index (Phi) is 7.81. The first-order chi connectivity index (χ1) is 14.3. The van der Waals surface area contributed by atoms with Gasteiger partial charge in [-0.3, -0.25) is 0 Å². The van der Waals surface area contributed by atoms with Crippen LogP contribution < -0.4 is 4.74 Å². The normalized spacial score (nSPS) is 15.1. The van der Waals surface area contributed by atoms with E-state index in [0.29, 0.717) is 12.5 Å². The van der Waals surface area contributed by atoms with E-state index in [4.69, 9.17) is 9.47 Å². The maximum atomic E-state index is 12.2. The maximum absolute atomic E-state index is 12.2. The second-order valence-electron chi connectivity index (χ2n) is 9.00. The minimum absolute atomic E-state index is 0.194. The first-order valence-electron chi connectivity index (χ1n) is 10.7. The zero-order chi connectivity index (χ0) is 21.6. The van der Waals surface area contributed by atoms with Crippen LogP contribution in [0, 0.1) is 5.92 Å². The van der Waals surface area contributed by atoms with Crippen LogP contribution in [0.2, 0.25) is 0 Å². The number of hydrogen-bond donors (Lipinski definition) is 0. The molecule has 1 aliphatic heterocycles. The van der Waals surface area contributed by atoms with E-state index >= 15 is 0 Å². The second kappa shape index (κ2) is 10.3. The number of hydrogen-bond acceptors (Lipinski definition) is 3. The smallest absolute Gasteiger partial charge is 0.410 e. The molecule has 2 aromatic rings. The number of carbonyl (C=O) groups is 1. The van der Waals surface area contributed by atoms with E-state index in [9.17, 15) is 4.79 Å². The highest BCUT2D eigenvalue weighted by molar-refractivity contribution is 9.10. The summed E-state index contributed by atoms with van der Waals surface area (Å²) in [6.45, 7) is 7.96. The van der Waals surface area contributed by atoms with E-state index in [1.807, 2.05) is 25.7 Å². The van der Waals surface area contributed by atoms with Gasteiger partial charge in [-0.15, -0.1) is 0 Å². The fourth-order valence-electron chi connectivity index (χ4n) is 3.62. The zero-order valence-corrected chi connectivity index (χ0v) is 19.8. The van der Waals surface area contributed by atoms with Gasteiger partial charge in [0.1, 0.15) is 11.4 Å². The van der Waals surface area contributed by atoms with Gasteiger partial charge in [0, 0.05) is 17.6 Å². The third kappa shape index (κ3) is 7.35. The van der Waals surface area contributed by atoms with E-state index in [1.165, 1.54) is 11.1 Å². The lowest BCUT2D eigenvalue weighted by Crippen LogP contribution is -2.41. The van der Waals surface area contributed by atoms with Gasteiger partial charge in [-0.25, -0.2) is 4.79 Å². The highest BCUT2D eigenvalue weighted by Gasteiger charge is 2.26. The predicted octanol–water partition coefficient (Wildman–Crippen LogP) is 6.46. The Morgan fingerprint density at radius 2 is 1.57 bits per heavy atom. The molecule has 0 radical (unpaired) electrons. The van der Waals surface area contributed by atoms with E-state index in [0.717, 1.165) is 49.0 Å². The summed E-state index contributed by atoms with van der Waals surface area (Å²) in [7, 11) is 0. The molecule has 0 bridgehead atoms. The minimum Gasteiger partial charge on any atom is -0.494 e. The molecule has 0 saturated carbocycles. The van der Waals surface area contributed by atoms with Crippen molar-refractivity contribution in [3.63, 3.8) is 0 Å². The van der Waals surface area contributed by atoms with Crippen LogP contribution in [-0.2, 0) is 11.2 Å².